The summed E-state index contributed by atoms with van der Waals surface area (Å²) < 4.78 is 0. The fourth-order valence-corrected chi connectivity index (χ4v) is 3.60. The van der Waals surface area contributed by atoms with Crippen molar-refractivity contribution in [3.63, 3.8) is 0 Å². The van der Waals surface area contributed by atoms with Crippen LogP contribution in [-0.4, -0.2) is 37.6 Å². The highest BCUT2D eigenvalue weighted by molar-refractivity contribution is 6.31. The maximum atomic E-state index is 12.4. The van der Waals surface area contributed by atoms with Gasteiger partial charge >= 0.3 is 0 Å². The van der Waals surface area contributed by atoms with E-state index in [2.05, 4.69) is 43.1 Å². The number of hydrogen-bond acceptors (Lipinski definition) is 5. The Kier molecular flexibility index (Phi) is 5.55. The predicted molar refractivity (Wildman–Crippen MR) is 110 cm³/mol. The molecule has 0 saturated carbocycles. The quantitative estimate of drug-likeness (QED) is 0.413. The number of fused-ring (bicyclic) bond motifs is 2. The van der Waals surface area contributed by atoms with Crippen LogP contribution in [-0.2, 0) is 19.4 Å². The zero-order chi connectivity index (χ0) is 20.2. The number of hydrogen-bond donors (Lipinski definition) is 4. The van der Waals surface area contributed by atoms with Crippen molar-refractivity contribution >= 4 is 28.4 Å². The van der Waals surface area contributed by atoms with Crippen LogP contribution < -0.4 is 11.1 Å². The van der Waals surface area contributed by atoms with Gasteiger partial charge in [0.05, 0.1) is 6.54 Å². The summed E-state index contributed by atoms with van der Waals surface area (Å²) in [6.07, 6.45) is 1.79. The molecule has 0 fully saturated rings. The topological polar surface area (TPSA) is 125 Å². The molecule has 1 amide bonds. The summed E-state index contributed by atoms with van der Waals surface area (Å²) in [5.74, 6) is 0.477. The number of nitrogens with one attached hydrogen (secondary N) is 3. The van der Waals surface area contributed by atoms with Crippen LogP contribution in [0.1, 0.15) is 27.4 Å². The van der Waals surface area contributed by atoms with E-state index in [1.807, 2.05) is 36.4 Å². The number of halogens is 1. The second-order valence-electron chi connectivity index (χ2n) is 6.79. The summed E-state index contributed by atoms with van der Waals surface area (Å²) in [7, 11) is 0. The zero-order valence-electron chi connectivity index (χ0n) is 15.5. The maximum absolute atomic E-state index is 12.4. The van der Waals surface area contributed by atoms with Crippen molar-refractivity contribution in [2.75, 3.05) is 0 Å². The van der Waals surface area contributed by atoms with Gasteiger partial charge in [0.2, 0.25) is 0 Å². The van der Waals surface area contributed by atoms with E-state index in [0.717, 1.165) is 23.7 Å². The van der Waals surface area contributed by atoms with Crippen LogP contribution >= 0.6 is 11.6 Å². The highest BCUT2D eigenvalue weighted by Gasteiger charge is 2.23. The first-order valence-electron chi connectivity index (χ1n) is 9.20. The van der Waals surface area contributed by atoms with E-state index in [0.29, 0.717) is 23.1 Å². The van der Waals surface area contributed by atoms with Crippen LogP contribution in [0.25, 0.3) is 10.9 Å². The van der Waals surface area contributed by atoms with Gasteiger partial charge in [-0.2, -0.15) is 5.21 Å². The molecule has 5 N–H and O–H groups in total. The average molecular weight is 410 g/mol. The Bertz CT molecular complexity index is 1100. The summed E-state index contributed by atoms with van der Waals surface area (Å²) in [5, 5.41) is 17.4. The fourth-order valence-electron chi connectivity index (χ4n) is 3.42. The molecule has 5 rings (SSSR count). The monoisotopic (exact) mass is 409 g/mol. The van der Waals surface area contributed by atoms with Crippen molar-refractivity contribution in [3.05, 3.63) is 76.2 Å². The first-order chi connectivity index (χ1) is 14.1. The van der Waals surface area contributed by atoms with Crippen molar-refractivity contribution in [2.24, 2.45) is 5.73 Å². The van der Waals surface area contributed by atoms with Gasteiger partial charge in [-0.1, -0.05) is 41.1 Å². The van der Waals surface area contributed by atoms with Crippen LogP contribution in [0.3, 0.4) is 0 Å². The number of H-pyrrole nitrogens is 2. The van der Waals surface area contributed by atoms with E-state index in [9.17, 15) is 4.79 Å². The minimum absolute atomic E-state index is 0.0647. The van der Waals surface area contributed by atoms with Gasteiger partial charge in [-0.3, -0.25) is 4.79 Å². The molecule has 9 heteroatoms. The van der Waals surface area contributed by atoms with Gasteiger partial charge in [0.25, 0.3) is 5.91 Å². The van der Waals surface area contributed by atoms with Crippen LogP contribution in [0.5, 0.6) is 0 Å². The van der Waals surface area contributed by atoms with Crippen molar-refractivity contribution in [1.82, 2.24) is 30.9 Å². The van der Waals surface area contributed by atoms with Gasteiger partial charge in [-0.15, -0.1) is 10.2 Å². The number of aromatic amines is 2. The van der Waals surface area contributed by atoms with E-state index < -0.39 is 0 Å². The number of nitrogens with zero attached hydrogens (tertiary/aromatic N) is 3. The molecule has 1 aliphatic carbocycles. The first-order valence-corrected chi connectivity index (χ1v) is 9.58. The molecule has 0 atom stereocenters. The summed E-state index contributed by atoms with van der Waals surface area (Å²) in [6.45, 7) is 0.344. The van der Waals surface area contributed by atoms with E-state index in [1.54, 1.807) is 0 Å². The summed E-state index contributed by atoms with van der Waals surface area (Å²) >= 11 is 5.98. The number of aromatic nitrogens is 5. The van der Waals surface area contributed by atoms with Gasteiger partial charge < -0.3 is 16.0 Å². The number of amides is 1. The first kappa shape index (κ1) is 19.1. The van der Waals surface area contributed by atoms with Crippen LogP contribution in [0.4, 0.5) is 0 Å². The third-order valence-electron chi connectivity index (χ3n) is 4.79. The molecule has 2 aromatic heterocycles. The zero-order valence-corrected chi connectivity index (χ0v) is 16.3. The lowest BCUT2D eigenvalue weighted by Gasteiger charge is -2.10. The van der Waals surface area contributed by atoms with Gasteiger partial charge in [-0.05, 0) is 48.2 Å². The van der Waals surface area contributed by atoms with Crippen LogP contribution in [0, 0.1) is 0 Å². The summed E-state index contributed by atoms with van der Waals surface area (Å²) in [5.41, 5.74) is 9.27. The Balaban J connectivity index is 0.000000249. The third-order valence-corrected chi connectivity index (χ3v) is 5.02. The molecular weight excluding hydrogens is 390 g/mol. The summed E-state index contributed by atoms with van der Waals surface area (Å²) in [4.78, 5) is 15.6. The normalized spacial score (nSPS) is 13.0. The standard InChI is InChI=1S/C18H15ClN2O.C2H5N5/c19-14-5-6-16-13(7-14)10-17(21-16)18(22)20-15-8-11-3-1-2-4-12(11)9-15;3-1-2-4-6-7-5-2/h1-7,10,15,21H,8-9H2,(H,20,22);1,3H2,(H,4,5,6,7). The fraction of sp³-hybridized carbons (Fsp3) is 0.200. The Labute approximate surface area is 171 Å². The molecule has 1 aliphatic rings. The number of tetrazole rings is 1. The molecular formula is C20H20ClN7O. The Morgan fingerprint density at radius 3 is 2.55 bits per heavy atom. The van der Waals surface area contributed by atoms with E-state index in [-0.39, 0.29) is 11.9 Å². The predicted octanol–water partition coefficient (Wildman–Crippen LogP) is 2.38. The molecule has 4 aromatic rings. The summed E-state index contributed by atoms with van der Waals surface area (Å²) in [6, 6.07) is 15.9. The number of carbonyl (C=O) groups excluding carboxylic acids is 1. The van der Waals surface area contributed by atoms with Gasteiger partial charge in [0.15, 0.2) is 5.82 Å². The highest BCUT2D eigenvalue weighted by Crippen LogP contribution is 2.23. The van der Waals surface area contributed by atoms with E-state index in [1.165, 1.54) is 11.1 Å². The molecule has 2 aromatic carbocycles. The van der Waals surface area contributed by atoms with Gasteiger partial charge in [0.1, 0.15) is 5.69 Å². The molecule has 0 saturated heterocycles. The van der Waals surface area contributed by atoms with Crippen molar-refractivity contribution in [1.29, 1.82) is 0 Å². The Morgan fingerprint density at radius 2 is 1.93 bits per heavy atom. The van der Waals surface area contributed by atoms with Crippen LogP contribution in [0.15, 0.2) is 48.5 Å². The lowest BCUT2D eigenvalue weighted by Crippen LogP contribution is -2.35. The second-order valence-corrected chi connectivity index (χ2v) is 7.23. The largest absolute Gasteiger partial charge is 0.351 e. The maximum Gasteiger partial charge on any atom is 0.267 e. The minimum atomic E-state index is -0.0647. The van der Waals surface area contributed by atoms with Gasteiger partial charge in [-0.25, -0.2) is 0 Å². The molecule has 8 nitrogen and oxygen atoms in total. The van der Waals surface area contributed by atoms with Crippen molar-refractivity contribution in [2.45, 2.75) is 25.4 Å². The van der Waals surface area contributed by atoms with E-state index >= 15 is 0 Å². The number of nitrogens with two attached hydrogens (primary N) is 1. The van der Waals surface area contributed by atoms with Crippen LogP contribution in [0.2, 0.25) is 5.02 Å². The molecule has 2 heterocycles. The molecule has 0 radical (unpaired) electrons. The second kappa shape index (κ2) is 8.42. The number of carbonyl (C=O) groups is 1. The average Bonchev–Trinajstić information content (AvgIpc) is 3.46. The smallest absolute Gasteiger partial charge is 0.267 e. The minimum Gasteiger partial charge on any atom is -0.351 e. The molecule has 0 bridgehead atoms. The van der Waals surface area contributed by atoms with E-state index in [4.69, 9.17) is 17.3 Å². The van der Waals surface area contributed by atoms with Gasteiger partial charge in [0, 0.05) is 22.0 Å². The number of benzene rings is 2. The molecule has 148 valence electrons. The number of rotatable bonds is 3. The molecule has 0 spiro atoms. The molecule has 29 heavy (non-hydrogen) atoms. The highest BCUT2D eigenvalue weighted by atomic mass is 35.5. The molecule has 0 unspecified atom stereocenters. The lowest BCUT2D eigenvalue weighted by molar-refractivity contribution is 0.0934. The van der Waals surface area contributed by atoms with Crippen molar-refractivity contribution in [3.8, 4) is 0 Å². The lowest BCUT2D eigenvalue weighted by atomic mass is 10.1. The molecule has 0 aliphatic heterocycles. The van der Waals surface area contributed by atoms with Crippen molar-refractivity contribution < 1.29 is 4.79 Å². The Hall–Kier alpha value is -3.23. The SMILES string of the molecule is NCc1nn[nH]n1.O=C(NC1Cc2ccccc2C1)c1cc2cc(Cl)ccc2[nH]1. The third kappa shape index (κ3) is 4.44. The Morgan fingerprint density at radius 1 is 1.17 bits per heavy atom.